The number of nitrogens with zero attached hydrogens (tertiary/aromatic N) is 2. The van der Waals surface area contributed by atoms with E-state index in [9.17, 15) is 9.59 Å². The van der Waals surface area contributed by atoms with Crippen LogP contribution in [-0.4, -0.2) is 74.7 Å². The molecule has 0 N–H and O–H groups in total. The Labute approximate surface area is 380 Å². The molecule has 0 aromatic carbocycles. The number of rotatable bonds is 46. The fourth-order valence-electron chi connectivity index (χ4n) is 7.79. The van der Waals surface area contributed by atoms with Crippen LogP contribution in [0.1, 0.15) is 233 Å². The molecule has 0 bridgehead atoms. The van der Waals surface area contributed by atoms with Crippen molar-refractivity contribution >= 4 is 11.9 Å². The highest BCUT2D eigenvalue weighted by Gasteiger charge is 2.25. The predicted octanol–water partition coefficient (Wildman–Crippen LogP) is 15.7. The number of ether oxygens (including phenoxy) is 2. The van der Waals surface area contributed by atoms with Gasteiger partial charge in [0.2, 0.25) is 0 Å². The molecule has 0 amide bonds. The van der Waals surface area contributed by atoms with Gasteiger partial charge in [-0.1, -0.05) is 173 Å². The zero-order valence-corrected chi connectivity index (χ0v) is 41.5. The van der Waals surface area contributed by atoms with Crippen LogP contribution in [0.2, 0.25) is 0 Å². The van der Waals surface area contributed by atoms with Gasteiger partial charge in [-0.3, -0.25) is 14.5 Å². The Balaban J connectivity index is 5.03. The molecule has 0 saturated carbocycles. The maximum absolute atomic E-state index is 13.1. The van der Waals surface area contributed by atoms with E-state index in [1.165, 1.54) is 122 Å². The second-order valence-electron chi connectivity index (χ2n) is 18.1. The minimum absolute atomic E-state index is 0.120. The van der Waals surface area contributed by atoms with Gasteiger partial charge in [-0.05, 0) is 129 Å². The van der Waals surface area contributed by atoms with Crippen molar-refractivity contribution in [2.45, 2.75) is 239 Å². The lowest BCUT2D eigenvalue weighted by molar-refractivity contribution is -0.150. The monoisotopic (exact) mass is 855 g/mol. The highest BCUT2D eigenvalue weighted by molar-refractivity contribution is 5.69. The molecule has 0 aliphatic heterocycles. The first-order valence-corrected chi connectivity index (χ1v) is 26.2. The molecular weight excluding hydrogens is 753 g/mol. The number of carbonyl (C=O) groups excluding carboxylic acids is 2. The molecule has 0 radical (unpaired) electrons. The highest BCUT2D eigenvalue weighted by Crippen LogP contribution is 2.21. The lowest BCUT2D eigenvalue weighted by Crippen LogP contribution is -2.46. The van der Waals surface area contributed by atoms with Gasteiger partial charge < -0.3 is 14.4 Å². The zero-order chi connectivity index (χ0) is 44.7. The Morgan fingerprint density at radius 2 is 0.836 bits per heavy atom. The third-order valence-electron chi connectivity index (χ3n) is 11.8. The zero-order valence-electron chi connectivity index (χ0n) is 41.5. The van der Waals surface area contributed by atoms with E-state index in [4.69, 9.17) is 9.47 Å². The van der Waals surface area contributed by atoms with Crippen molar-refractivity contribution in [3.8, 4) is 0 Å². The number of unbranched alkanes of at least 4 members (excludes halogenated alkanes) is 19. The molecule has 61 heavy (non-hydrogen) atoms. The smallest absolute Gasteiger partial charge is 0.305 e. The Morgan fingerprint density at radius 1 is 0.443 bits per heavy atom. The van der Waals surface area contributed by atoms with E-state index in [-0.39, 0.29) is 31.2 Å². The van der Waals surface area contributed by atoms with E-state index >= 15 is 0 Å². The van der Waals surface area contributed by atoms with Gasteiger partial charge in [0.25, 0.3) is 0 Å². The highest BCUT2D eigenvalue weighted by atomic mass is 16.5. The number of allylic oxidation sites excluding steroid dienone is 8. The molecule has 356 valence electrons. The van der Waals surface area contributed by atoms with Gasteiger partial charge in [-0.15, -0.1) is 0 Å². The quantitative estimate of drug-likeness (QED) is 0.0345. The summed E-state index contributed by atoms with van der Waals surface area (Å²) in [5, 5.41) is 0. The first-order chi connectivity index (χ1) is 29.9. The molecule has 0 heterocycles. The third kappa shape index (κ3) is 42.9. The summed E-state index contributed by atoms with van der Waals surface area (Å²) in [4.78, 5) is 30.9. The van der Waals surface area contributed by atoms with E-state index in [1.807, 2.05) is 0 Å². The van der Waals surface area contributed by atoms with Gasteiger partial charge in [-0.2, -0.15) is 0 Å². The summed E-state index contributed by atoms with van der Waals surface area (Å²) in [5.41, 5.74) is 0. The van der Waals surface area contributed by atoms with Crippen LogP contribution in [0.25, 0.3) is 0 Å². The average Bonchev–Trinajstić information content (AvgIpc) is 3.25. The van der Waals surface area contributed by atoms with Crippen LogP contribution >= 0.6 is 0 Å². The first-order valence-electron chi connectivity index (χ1n) is 26.2. The van der Waals surface area contributed by atoms with Crippen molar-refractivity contribution < 1.29 is 19.1 Å². The van der Waals surface area contributed by atoms with Gasteiger partial charge in [0.15, 0.2) is 0 Å². The summed E-state index contributed by atoms with van der Waals surface area (Å²) in [6, 6.07) is -0.125. The largest absolute Gasteiger partial charge is 0.464 e. The van der Waals surface area contributed by atoms with E-state index in [0.29, 0.717) is 18.8 Å². The maximum atomic E-state index is 13.1. The third-order valence-corrected chi connectivity index (χ3v) is 11.8. The lowest BCUT2D eigenvalue weighted by atomic mass is 9.94. The number of hydrogen-bond acceptors (Lipinski definition) is 6. The summed E-state index contributed by atoms with van der Waals surface area (Å²) in [6.45, 7) is 12.5. The molecule has 0 rings (SSSR count). The van der Waals surface area contributed by atoms with Crippen LogP contribution in [0, 0.1) is 5.92 Å². The molecule has 0 fully saturated rings. The van der Waals surface area contributed by atoms with Crippen molar-refractivity contribution in [3.63, 3.8) is 0 Å². The fraction of sp³-hybridized carbons (Fsp3) is 0.818. The Kier molecular flexibility index (Phi) is 45.6. The summed E-state index contributed by atoms with van der Waals surface area (Å²) >= 11 is 0. The number of carbonyl (C=O) groups is 2. The fourth-order valence-corrected chi connectivity index (χ4v) is 7.79. The van der Waals surface area contributed by atoms with Gasteiger partial charge in [0.1, 0.15) is 13.2 Å². The average molecular weight is 855 g/mol. The molecule has 1 atom stereocenters. The minimum atomic E-state index is -0.125. The van der Waals surface area contributed by atoms with Gasteiger partial charge >= 0.3 is 11.9 Å². The molecule has 0 aliphatic rings. The second kappa shape index (κ2) is 47.3. The van der Waals surface area contributed by atoms with Crippen LogP contribution in [0.5, 0.6) is 0 Å². The van der Waals surface area contributed by atoms with Crippen molar-refractivity contribution in [2.24, 2.45) is 5.92 Å². The molecule has 1 unspecified atom stereocenters. The topological polar surface area (TPSA) is 59.1 Å². The van der Waals surface area contributed by atoms with Crippen LogP contribution in [0.4, 0.5) is 0 Å². The minimum Gasteiger partial charge on any atom is -0.464 e. The SMILES string of the molecule is CCCCC/C=C\C/C=C\CCCCCCCC(=O)OCC(COC(=O)CCCCCCC/C=C\C/C=C\CCCCC)N(CCCN(C)C)CC(CCCC)CCCCC. The standard InChI is InChI=1S/C55H102N2O4/c1-7-11-15-17-19-21-23-25-27-29-31-33-35-37-40-45-54(58)60-50-53(57(48-42-47-56(5)6)49-52(43-14-10-4)44-39-13-9-3)51-61-55(59)46-41-38-36-34-32-30-28-26-24-22-20-18-16-12-8-2/h19-22,25-28,52-53H,7-18,23-24,29-51H2,1-6H3/b21-19-,22-20-,27-25-,28-26-. The van der Waals surface area contributed by atoms with Crippen LogP contribution in [-0.2, 0) is 19.1 Å². The molecule has 0 aromatic rings. The number of hydrogen-bond donors (Lipinski definition) is 0. The predicted molar refractivity (Wildman–Crippen MR) is 266 cm³/mol. The van der Waals surface area contributed by atoms with Gasteiger partial charge in [0.05, 0.1) is 6.04 Å². The van der Waals surface area contributed by atoms with Crippen molar-refractivity contribution in [3.05, 3.63) is 48.6 Å². The maximum Gasteiger partial charge on any atom is 0.305 e. The Bertz CT molecular complexity index is 1000. The van der Waals surface area contributed by atoms with Crippen LogP contribution < -0.4 is 0 Å². The van der Waals surface area contributed by atoms with E-state index in [0.717, 1.165) is 90.3 Å². The van der Waals surface area contributed by atoms with Crippen molar-refractivity contribution in [1.29, 1.82) is 0 Å². The molecule has 0 aliphatic carbocycles. The molecular formula is C55H102N2O4. The summed E-state index contributed by atoms with van der Waals surface area (Å²) in [7, 11) is 4.25. The second-order valence-corrected chi connectivity index (χ2v) is 18.1. The van der Waals surface area contributed by atoms with Gasteiger partial charge in [-0.25, -0.2) is 0 Å². The van der Waals surface area contributed by atoms with E-state index in [1.54, 1.807) is 0 Å². The molecule has 0 spiro atoms. The molecule has 6 heteroatoms. The summed E-state index contributed by atoms with van der Waals surface area (Å²) < 4.78 is 12.0. The van der Waals surface area contributed by atoms with Crippen LogP contribution in [0.3, 0.4) is 0 Å². The summed E-state index contributed by atoms with van der Waals surface area (Å²) in [5.74, 6) is 0.358. The molecule has 0 aromatic heterocycles. The van der Waals surface area contributed by atoms with E-state index < -0.39 is 0 Å². The lowest BCUT2D eigenvalue weighted by Gasteiger charge is -2.34. The number of esters is 2. The Morgan fingerprint density at radius 3 is 1.28 bits per heavy atom. The van der Waals surface area contributed by atoms with Gasteiger partial charge in [0, 0.05) is 19.4 Å². The van der Waals surface area contributed by atoms with Crippen molar-refractivity contribution in [1.82, 2.24) is 9.80 Å². The van der Waals surface area contributed by atoms with E-state index in [2.05, 4.69) is 100 Å². The normalized spacial score (nSPS) is 12.8. The van der Waals surface area contributed by atoms with Crippen LogP contribution in [0.15, 0.2) is 48.6 Å². The molecule has 0 saturated heterocycles. The first kappa shape index (κ1) is 58.8. The molecule has 6 nitrogen and oxygen atoms in total. The Hall–Kier alpha value is -2.18. The summed E-state index contributed by atoms with van der Waals surface area (Å²) in [6.07, 6.45) is 54.6. The van der Waals surface area contributed by atoms with Crippen molar-refractivity contribution in [2.75, 3.05) is 46.9 Å².